The van der Waals surface area contributed by atoms with Crippen LogP contribution in [0.3, 0.4) is 0 Å². The molecule has 1 aliphatic heterocycles. The third-order valence-electron chi connectivity index (χ3n) is 3.33. The monoisotopic (exact) mass is 164 g/mol. The van der Waals surface area contributed by atoms with Crippen molar-refractivity contribution >= 4 is 0 Å². The molecule has 0 aromatic rings. The maximum Gasteiger partial charge on any atom is 0.253 e. The SMILES string of the molecule is C=C1C[C@@H]2CC3(OC=CO3)[C@@H]2C1. The van der Waals surface area contributed by atoms with Gasteiger partial charge in [-0.3, -0.25) is 0 Å². The van der Waals surface area contributed by atoms with Crippen molar-refractivity contribution in [2.75, 3.05) is 0 Å². The van der Waals surface area contributed by atoms with Gasteiger partial charge in [0.1, 0.15) is 12.5 Å². The van der Waals surface area contributed by atoms with Gasteiger partial charge in [-0.1, -0.05) is 12.2 Å². The molecule has 2 fully saturated rings. The second kappa shape index (κ2) is 1.87. The van der Waals surface area contributed by atoms with Crippen molar-refractivity contribution < 1.29 is 9.47 Å². The fourth-order valence-corrected chi connectivity index (χ4v) is 2.74. The zero-order chi connectivity index (χ0) is 8.18. The molecule has 2 nitrogen and oxygen atoms in total. The minimum absolute atomic E-state index is 0.274. The van der Waals surface area contributed by atoms with E-state index in [4.69, 9.17) is 9.47 Å². The number of rotatable bonds is 0. The summed E-state index contributed by atoms with van der Waals surface area (Å²) < 4.78 is 11.0. The van der Waals surface area contributed by atoms with Crippen LogP contribution in [-0.2, 0) is 9.47 Å². The fraction of sp³-hybridized carbons (Fsp3) is 0.600. The van der Waals surface area contributed by atoms with Crippen LogP contribution in [0.1, 0.15) is 19.3 Å². The predicted octanol–water partition coefficient (Wildman–Crippen LogP) is 2.19. The van der Waals surface area contributed by atoms with Crippen molar-refractivity contribution in [3.8, 4) is 0 Å². The van der Waals surface area contributed by atoms with Gasteiger partial charge in [0.15, 0.2) is 0 Å². The van der Waals surface area contributed by atoms with Crippen LogP contribution in [-0.4, -0.2) is 5.79 Å². The molecule has 0 saturated heterocycles. The van der Waals surface area contributed by atoms with E-state index in [0.717, 1.165) is 18.8 Å². The van der Waals surface area contributed by atoms with E-state index < -0.39 is 0 Å². The molecule has 0 radical (unpaired) electrons. The van der Waals surface area contributed by atoms with Gasteiger partial charge >= 0.3 is 0 Å². The van der Waals surface area contributed by atoms with Crippen LogP contribution >= 0.6 is 0 Å². The van der Waals surface area contributed by atoms with Crippen LogP contribution in [0.5, 0.6) is 0 Å². The third kappa shape index (κ3) is 0.614. The lowest BCUT2D eigenvalue weighted by Crippen LogP contribution is -2.52. The van der Waals surface area contributed by atoms with E-state index in [9.17, 15) is 0 Å². The van der Waals surface area contributed by atoms with Crippen LogP contribution in [0.4, 0.5) is 0 Å². The average Bonchev–Trinajstić information content (AvgIpc) is 2.57. The number of ether oxygens (including phenoxy) is 2. The van der Waals surface area contributed by atoms with E-state index in [1.807, 2.05) is 0 Å². The van der Waals surface area contributed by atoms with Crippen LogP contribution in [0.15, 0.2) is 24.7 Å². The second-order valence-electron chi connectivity index (χ2n) is 4.05. The lowest BCUT2D eigenvalue weighted by molar-refractivity contribution is -0.256. The number of hydrogen-bond acceptors (Lipinski definition) is 2. The summed E-state index contributed by atoms with van der Waals surface area (Å²) >= 11 is 0. The van der Waals surface area contributed by atoms with Crippen molar-refractivity contribution in [1.82, 2.24) is 0 Å². The molecule has 2 atom stereocenters. The molecule has 0 bridgehead atoms. The topological polar surface area (TPSA) is 18.5 Å². The van der Waals surface area contributed by atoms with Crippen molar-refractivity contribution in [3.63, 3.8) is 0 Å². The molecule has 0 N–H and O–H groups in total. The summed E-state index contributed by atoms with van der Waals surface area (Å²) in [5, 5.41) is 0. The molecule has 3 aliphatic rings. The Kier molecular flexibility index (Phi) is 1.03. The molecular formula is C10H12O2. The molecule has 12 heavy (non-hydrogen) atoms. The molecule has 1 heterocycles. The molecule has 3 rings (SSSR count). The maximum atomic E-state index is 5.49. The first-order valence-electron chi connectivity index (χ1n) is 4.47. The maximum absolute atomic E-state index is 5.49. The molecule has 0 amide bonds. The zero-order valence-corrected chi connectivity index (χ0v) is 6.95. The second-order valence-corrected chi connectivity index (χ2v) is 4.05. The zero-order valence-electron chi connectivity index (χ0n) is 6.95. The van der Waals surface area contributed by atoms with Gasteiger partial charge < -0.3 is 9.47 Å². The minimum Gasteiger partial charge on any atom is -0.456 e. The highest BCUT2D eigenvalue weighted by atomic mass is 16.7. The molecule has 2 saturated carbocycles. The van der Waals surface area contributed by atoms with Gasteiger partial charge in [0.2, 0.25) is 0 Å². The first-order chi connectivity index (χ1) is 5.80. The van der Waals surface area contributed by atoms with E-state index in [-0.39, 0.29) is 5.79 Å². The summed E-state index contributed by atoms with van der Waals surface area (Å²) in [6.07, 6.45) is 6.64. The van der Waals surface area contributed by atoms with Crippen LogP contribution in [0.2, 0.25) is 0 Å². The van der Waals surface area contributed by atoms with Crippen LogP contribution in [0, 0.1) is 11.8 Å². The Morgan fingerprint density at radius 2 is 2.08 bits per heavy atom. The lowest BCUT2D eigenvalue weighted by atomic mass is 9.70. The van der Waals surface area contributed by atoms with Gasteiger partial charge in [-0.05, 0) is 18.8 Å². The highest BCUT2D eigenvalue weighted by molar-refractivity contribution is 5.17. The smallest absolute Gasteiger partial charge is 0.253 e. The van der Waals surface area contributed by atoms with Crippen LogP contribution < -0.4 is 0 Å². The van der Waals surface area contributed by atoms with Crippen molar-refractivity contribution in [1.29, 1.82) is 0 Å². The van der Waals surface area contributed by atoms with Gasteiger partial charge in [-0.15, -0.1) is 0 Å². The average molecular weight is 164 g/mol. The molecule has 2 aliphatic carbocycles. The fourth-order valence-electron chi connectivity index (χ4n) is 2.74. The Bertz CT molecular complexity index is 259. The normalized spacial score (nSPS) is 40.5. The molecule has 2 heteroatoms. The number of fused-ring (bicyclic) bond motifs is 2. The Morgan fingerprint density at radius 3 is 2.75 bits per heavy atom. The first kappa shape index (κ1) is 6.58. The van der Waals surface area contributed by atoms with E-state index >= 15 is 0 Å². The summed E-state index contributed by atoms with van der Waals surface area (Å²) in [5.74, 6) is 1.07. The van der Waals surface area contributed by atoms with Crippen molar-refractivity contribution in [3.05, 3.63) is 24.7 Å². The van der Waals surface area contributed by atoms with E-state index in [1.165, 1.54) is 12.0 Å². The highest BCUT2D eigenvalue weighted by Gasteiger charge is 2.61. The van der Waals surface area contributed by atoms with Gasteiger partial charge in [0, 0.05) is 12.3 Å². The predicted molar refractivity (Wildman–Crippen MR) is 44.0 cm³/mol. The van der Waals surface area contributed by atoms with Gasteiger partial charge in [-0.2, -0.15) is 0 Å². The summed E-state index contributed by atoms with van der Waals surface area (Å²) in [6.45, 7) is 4.02. The van der Waals surface area contributed by atoms with E-state index in [1.54, 1.807) is 12.5 Å². The van der Waals surface area contributed by atoms with Gasteiger partial charge in [-0.25, -0.2) is 0 Å². The standard InChI is InChI=1S/C10H12O2/c1-7-4-8-6-10(9(8)5-7)11-2-3-12-10/h2-3,8-9H,1,4-6H2/t8-,9-/m1/s1. The minimum atomic E-state index is -0.274. The third-order valence-corrected chi connectivity index (χ3v) is 3.33. The highest BCUT2D eigenvalue weighted by Crippen LogP contribution is 2.58. The Morgan fingerprint density at radius 1 is 1.33 bits per heavy atom. The molecule has 0 aromatic heterocycles. The first-order valence-corrected chi connectivity index (χ1v) is 4.47. The van der Waals surface area contributed by atoms with Crippen LogP contribution in [0.25, 0.3) is 0 Å². The summed E-state index contributed by atoms with van der Waals surface area (Å²) in [6, 6.07) is 0. The quantitative estimate of drug-likeness (QED) is 0.511. The van der Waals surface area contributed by atoms with Gasteiger partial charge in [0.05, 0.1) is 0 Å². The molecular weight excluding hydrogens is 152 g/mol. The van der Waals surface area contributed by atoms with Crippen molar-refractivity contribution in [2.45, 2.75) is 25.0 Å². The van der Waals surface area contributed by atoms with Gasteiger partial charge in [0.25, 0.3) is 5.79 Å². The summed E-state index contributed by atoms with van der Waals surface area (Å²) in [7, 11) is 0. The molecule has 0 unspecified atom stereocenters. The van der Waals surface area contributed by atoms with E-state index in [0.29, 0.717) is 5.92 Å². The largest absolute Gasteiger partial charge is 0.456 e. The number of allylic oxidation sites excluding steroid dienone is 1. The summed E-state index contributed by atoms with van der Waals surface area (Å²) in [5.41, 5.74) is 1.36. The Hall–Kier alpha value is -0.920. The summed E-state index contributed by atoms with van der Waals surface area (Å²) in [4.78, 5) is 0. The van der Waals surface area contributed by atoms with Crippen molar-refractivity contribution in [2.24, 2.45) is 11.8 Å². The van der Waals surface area contributed by atoms with E-state index in [2.05, 4.69) is 6.58 Å². The number of hydrogen-bond donors (Lipinski definition) is 0. The lowest BCUT2D eigenvalue weighted by Gasteiger charge is -2.46. The Labute approximate surface area is 71.9 Å². The Balaban J connectivity index is 1.83. The molecule has 1 spiro atoms. The molecule has 64 valence electrons. The molecule has 0 aromatic carbocycles.